The highest BCUT2D eigenvalue weighted by molar-refractivity contribution is 5.95. The number of aromatic nitrogens is 2. The van der Waals surface area contributed by atoms with Gasteiger partial charge >= 0.3 is 12.2 Å². The fraction of sp³-hybridized carbons (Fsp3) is 0.489. The summed E-state index contributed by atoms with van der Waals surface area (Å²) in [6.45, 7) is 3.64. The van der Waals surface area contributed by atoms with E-state index in [2.05, 4.69) is 57.3 Å². The highest BCUT2D eigenvalue weighted by atomic mass is 16.5. The van der Waals surface area contributed by atoms with Crippen LogP contribution in [0.2, 0.25) is 0 Å². The third-order valence-electron chi connectivity index (χ3n) is 13.2. The van der Waals surface area contributed by atoms with Gasteiger partial charge in [-0.15, -0.1) is 0 Å². The highest BCUT2D eigenvalue weighted by Crippen LogP contribution is 2.35. The number of hydrogen-bond donors (Lipinski definition) is 4. The smallest absolute Gasteiger partial charge is 0.407 e. The van der Waals surface area contributed by atoms with Crippen LogP contribution in [0.3, 0.4) is 0 Å². The molecule has 16 heteroatoms. The van der Waals surface area contributed by atoms with E-state index in [1.807, 2.05) is 35.4 Å². The maximum absolute atomic E-state index is 14.0. The van der Waals surface area contributed by atoms with Crippen LogP contribution >= 0.6 is 0 Å². The lowest BCUT2D eigenvalue weighted by atomic mass is 9.90. The zero-order valence-electron chi connectivity index (χ0n) is 35.9. The fourth-order valence-electron chi connectivity index (χ4n) is 9.61. The molecule has 4 aliphatic heterocycles. The minimum absolute atomic E-state index is 0.0375. The van der Waals surface area contributed by atoms with Gasteiger partial charge in [0.05, 0.1) is 32.2 Å². The van der Waals surface area contributed by atoms with E-state index in [-0.39, 0.29) is 41.6 Å². The number of ether oxygens (including phenoxy) is 4. The summed E-state index contributed by atoms with van der Waals surface area (Å²) in [6, 6.07) is 18.2. The first kappa shape index (κ1) is 43.6. The second-order valence-corrected chi connectivity index (χ2v) is 16.9. The van der Waals surface area contributed by atoms with Crippen molar-refractivity contribution in [3.63, 3.8) is 0 Å². The lowest BCUT2D eigenvalue weighted by Crippen LogP contribution is -2.55. The third-order valence-corrected chi connectivity index (χ3v) is 13.2. The van der Waals surface area contributed by atoms with E-state index in [0.29, 0.717) is 83.1 Å². The van der Waals surface area contributed by atoms with Crippen LogP contribution in [0.4, 0.5) is 9.59 Å². The number of nitrogens with zero attached hydrogens (tertiary/aromatic N) is 3. The molecule has 334 valence electrons. The average molecular weight is 864 g/mol. The number of nitrogens with one attached hydrogen (secondary N) is 4. The molecule has 0 radical (unpaired) electrons. The van der Waals surface area contributed by atoms with Crippen molar-refractivity contribution >= 4 is 40.7 Å². The molecule has 5 heterocycles. The maximum Gasteiger partial charge on any atom is 0.407 e. The van der Waals surface area contributed by atoms with E-state index in [4.69, 9.17) is 23.9 Å². The van der Waals surface area contributed by atoms with Gasteiger partial charge in [-0.3, -0.25) is 14.4 Å². The lowest BCUT2D eigenvalue weighted by molar-refractivity contribution is -0.137. The van der Waals surface area contributed by atoms with Gasteiger partial charge in [-0.05, 0) is 109 Å². The summed E-state index contributed by atoms with van der Waals surface area (Å²) in [5.41, 5.74) is 4.32. The summed E-state index contributed by atoms with van der Waals surface area (Å²) in [5.74, 6) is 0.137. The fourth-order valence-corrected chi connectivity index (χ4v) is 9.61. The van der Waals surface area contributed by atoms with E-state index in [0.717, 1.165) is 58.8 Å². The van der Waals surface area contributed by atoms with E-state index in [1.165, 1.54) is 14.2 Å². The SMILES string of the molecule is COC(=O)N[C@H](C(=O)N1CCC[C@H]1CNC(=O)c1ccc(-c2ccc3cc(-c4cnc([C@@H]5CCCN5C(=O)[C@@H](NC(=O)OC)C5CCOCC5)[nH]4)ccc3c2)cc1)C1CCOCC1. The van der Waals surface area contributed by atoms with Crippen molar-refractivity contribution in [1.82, 2.24) is 35.7 Å². The molecule has 16 nitrogen and oxygen atoms in total. The first-order valence-electron chi connectivity index (χ1n) is 22.1. The van der Waals surface area contributed by atoms with Crippen LogP contribution in [0.15, 0.2) is 66.9 Å². The van der Waals surface area contributed by atoms with Crippen molar-refractivity contribution < 1.29 is 42.9 Å². The minimum atomic E-state index is -0.707. The molecule has 8 rings (SSSR count). The Kier molecular flexibility index (Phi) is 13.9. The molecule has 0 unspecified atom stereocenters. The average Bonchev–Trinajstić information content (AvgIpc) is 4.14. The molecule has 0 aliphatic carbocycles. The van der Waals surface area contributed by atoms with Gasteiger partial charge in [0.15, 0.2) is 0 Å². The quantitative estimate of drug-likeness (QED) is 0.140. The summed E-state index contributed by atoms with van der Waals surface area (Å²) >= 11 is 0. The van der Waals surface area contributed by atoms with Crippen LogP contribution in [0.5, 0.6) is 0 Å². The van der Waals surface area contributed by atoms with Crippen molar-refractivity contribution in [1.29, 1.82) is 0 Å². The molecule has 5 amide bonds. The predicted molar refractivity (Wildman–Crippen MR) is 233 cm³/mol. The van der Waals surface area contributed by atoms with Gasteiger partial charge in [-0.2, -0.15) is 0 Å². The highest BCUT2D eigenvalue weighted by Gasteiger charge is 2.41. The molecule has 3 aromatic carbocycles. The lowest BCUT2D eigenvalue weighted by Gasteiger charge is -2.34. The molecule has 4 fully saturated rings. The number of carbonyl (C=O) groups is 5. The van der Waals surface area contributed by atoms with Gasteiger partial charge in [0.25, 0.3) is 5.91 Å². The van der Waals surface area contributed by atoms with E-state index >= 15 is 0 Å². The largest absolute Gasteiger partial charge is 0.453 e. The van der Waals surface area contributed by atoms with Gasteiger partial charge in [0.1, 0.15) is 17.9 Å². The molecule has 4 aromatic rings. The minimum Gasteiger partial charge on any atom is -0.453 e. The van der Waals surface area contributed by atoms with Crippen molar-refractivity contribution in [2.24, 2.45) is 11.8 Å². The van der Waals surface area contributed by atoms with E-state index in [9.17, 15) is 24.0 Å². The molecule has 1 aromatic heterocycles. The number of likely N-dealkylation sites (tertiary alicyclic amines) is 2. The Morgan fingerprint density at radius 1 is 0.698 bits per heavy atom. The second kappa shape index (κ2) is 20.0. The Hall–Kier alpha value is -6.00. The maximum atomic E-state index is 14.0. The molecule has 63 heavy (non-hydrogen) atoms. The van der Waals surface area contributed by atoms with Crippen LogP contribution in [-0.2, 0) is 28.5 Å². The molecule has 4 atom stereocenters. The molecule has 4 aliphatic rings. The van der Waals surface area contributed by atoms with Crippen LogP contribution in [0.25, 0.3) is 33.2 Å². The Balaban J connectivity index is 0.888. The Morgan fingerprint density at radius 2 is 1.24 bits per heavy atom. The number of H-pyrrole nitrogens is 1. The number of alkyl carbamates (subject to hydrolysis) is 2. The van der Waals surface area contributed by atoms with Gasteiger partial charge in [-0.1, -0.05) is 36.4 Å². The normalized spacial score (nSPS) is 20.5. The molecule has 4 saturated heterocycles. The number of rotatable bonds is 12. The summed E-state index contributed by atoms with van der Waals surface area (Å²) in [6.07, 6.45) is 6.44. The zero-order valence-corrected chi connectivity index (χ0v) is 35.9. The van der Waals surface area contributed by atoms with Crippen LogP contribution in [0, 0.1) is 11.8 Å². The van der Waals surface area contributed by atoms with Crippen molar-refractivity contribution in [3.8, 4) is 22.4 Å². The number of imidazole rings is 1. The molecule has 0 saturated carbocycles. The Morgan fingerprint density at radius 3 is 1.86 bits per heavy atom. The van der Waals surface area contributed by atoms with Gasteiger partial charge < -0.3 is 49.7 Å². The number of methoxy groups -OCH3 is 2. The van der Waals surface area contributed by atoms with Gasteiger partial charge in [0.2, 0.25) is 11.8 Å². The third kappa shape index (κ3) is 9.97. The monoisotopic (exact) mass is 863 g/mol. The summed E-state index contributed by atoms with van der Waals surface area (Å²) in [5, 5.41) is 10.7. The van der Waals surface area contributed by atoms with Crippen LogP contribution < -0.4 is 16.0 Å². The van der Waals surface area contributed by atoms with Crippen molar-refractivity contribution in [3.05, 3.63) is 78.2 Å². The molecule has 4 N–H and O–H groups in total. The van der Waals surface area contributed by atoms with E-state index in [1.54, 1.807) is 4.90 Å². The first-order valence-corrected chi connectivity index (χ1v) is 22.1. The Labute approximate surface area is 366 Å². The topological polar surface area (TPSA) is 194 Å². The van der Waals surface area contributed by atoms with Crippen LogP contribution in [0.1, 0.15) is 73.6 Å². The number of hydrogen-bond acceptors (Lipinski definition) is 10. The van der Waals surface area contributed by atoms with Crippen molar-refractivity contribution in [2.45, 2.75) is 75.5 Å². The number of carbonyl (C=O) groups excluding carboxylic acids is 5. The molecular formula is C47H57N7O9. The molecular weight excluding hydrogens is 807 g/mol. The summed E-state index contributed by atoms with van der Waals surface area (Å²) in [4.78, 5) is 77.4. The number of amides is 5. The number of fused-ring (bicyclic) bond motifs is 1. The number of benzene rings is 3. The standard InChI is InChI=1S/C47H57N7O9/c1-60-46(58)51-40(30-15-21-62-22-16-30)44(56)53-19-3-5-37(53)27-49-43(55)32-9-7-29(8-10-32)33-11-12-35-26-36(14-13-34(35)25-33)38-28-48-42(50-38)39-6-4-20-54(39)45(57)41(52-47(59)61-2)31-17-23-63-24-18-31/h7-14,25-26,28,30-31,37,39-41H,3-6,15-24,27H2,1-2H3,(H,48,50)(H,49,55)(H,51,58)(H,52,59)/t37-,39-,40-,41-/m0/s1. The second-order valence-electron chi connectivity index (χ2n) is 16.9. The van der Waals surface area contributed by atoms with Gasteiger partial charge in [0, 0.05) is 63.2 Å². The van der Waals surface area contributed by atoms with E-state index < -0.39 is 24.3 Å². The Bertz CT molecular complexity index is 2270. The first-order chi connectivity index (χ1) is 30.7. The molecule has 0 bridgehead atoms. The van der Waals surface area contributed by atoms with Gasteiger partial charge in [-0.25, -0.2) is 14.6 Å². The number of aromatic amines is 1. The van der Waals surface area contributed by atoms with Crippen molar-refractivity contribution in [2.75, 3.05) is 60.3 Å². The summed E-state index contributed by atoms with van der Waals surface area (Å²) in [7, 11) is 2.59. The molecule has 0 spiro atoms. The zero-order chi connectivity index (χ0) is 43.9. The predicted octanol–water partition coefficient (Wildman–Crippen LogP) is 5.58. The summed E-state index contributed by atoms with van der Waals surface area (Å²) < 4.78 is 20.7. The van der Waals surface area contributed by atoms with Crippen LogP contribution in [-0.4, -0.2) is 128 Å².